The molecule has 1 aliphatic rings. The molecule has 0 heterocycles. The lowest BCUT2D eigenvalue weighted by Crippen LogP contribution is -2.03. The van der Waals surface area contributed by atoms with E-state index in [0.717, 1.165) is 12.0 Å². The molecular weight excluding hydrogens is 117 g/mol. The van der Waals surface area contributed by atoms with E-state index in [4.69, 9.17) is 5.73 Å². The average molecular weight is 127 g/mol. The molecule has 1 nitrogen and oxygen atoms in total. The molecule has 0 saturated carbocycles. The van der Waals surface area contributed by atoms with Crippen molar-refractivity contribution >= 4 is 0 Å². The fourth-order valence-corrected chi connectivity index (χ4v) is 0.870. The predicted molar refractivity (Wildman–Crippen MR) is 35.6 cm³/mol. The highest BCUT2D eigenvalue weighted by molar-refractivity contribution is 5.25. The summed E-state index contributed by atoms with van der Waals surface area (Å²) in [5, 5.41) is 0. The van der Waals surface area contributed by atoms with Gasteiger partial charge in [-0.25, -0.2) is 4.39 Å². The maximum Gasteiger partial charge on any atom is 0.101 e. The third kappa shape index (κ3) is 1.64. The number of halogens is 1. The Labute approximate surface area is 54.0 Å². The minimum atomic E-state index is -0.0436. The number of hydrogen-bond acceptors (Lipinski definition) is 1. The molecule has 0 atom stereocenters. The summed E-state index contributed by atoms with van der Waals surface area (Å²) in [6.45, 7) is 0.452. The first-order valence-corrected chi connectivity index (χ1v) is 3.08. The van der Waals surface area contributed by atoms with Gasteiger partial charge in [0.25, 0.3) is 0 Å². The number of hydrogen-bond donors (Lipinski definition) is 1. The molecule has 0 aliphatic heterocycles. The van der Waals surface area contributed by atoms with Crippen molar-refractivity contribution in [2.24, 2.45) is 5.73 Å². The van der Waals surface area contributed by atoms with Crippen molar-refractivity contribution in [1.82, 2.24) is 0 Å². The second-order valence-electron chi connectivity index (χ2n) is 2.11. The van der Waals surface area contributed by atoms with Crippen molar-refractivity contribution in [3.63, 3.8) is 0 Å². The quantitative estimate of drug-likeness (QED) is 0.567. The van der Waals surface area contributed by atoms with Crippen LogP contribution in [0.4, 0.5) is 4.39 Å². The Morgan fingerprint density at radius 1 is 1.67 bits per heavy atom. The maximum absolute atomic E-state index is 12.4. The molecule has 2 N–H and O–H groups in total. The Bertz CT molecular complexity index is 158. The molecule has 0 saturated heterocycles. The summed E-state index contributed by atoms with van der Waals surface area (Å²) in [4.78, 5) is 0. The standard InChI is InChI=1S/C7H10FN/c8-7-3-1-2-6(4-7)5-9/h2,4H,1,3,5,9H2. The van der Waals surface area contributed by atoms with Crippen molar-refractivity contribution in [1.29, 1.82) is 0 Å². The van der Waals surface area contributed by atoms with Gasteiger partial charge in [0.05, 0.1) is 0 Å². The monoisotopic (exact) mass is 127 g/mol. The molecule has 0 aromatic heterocycles. The Morgan fingerprint density at radius 2 is 2.44 bits per heavy atom. The van der Waals surface area contributed by atoms with Crippen LogP contribution < -0.4 is 5.73 Å². The van der Waals surface area contributed by atoms with Gasteiger partial charge in [0, 0.05) is 13.0 Å². The molecule has 1 aliphatic carbocycles. The lowest BCUT2D eigenvalue weighted by Gasteiger charge is -2.04. The summed E-state index contributed by atoms with van der Waals surface area (Å²) in [7, 11) is 0. The van der Waals surface area contributed by atoms with Crippen molar-refractivity contribution in [3.8, 4) is 0 Å². The van der Waals surface area contributed by atoms with Crippen LogP contribution in [0.2, 0.25) is 0 Å². The molecule has 50 valence electrons. The smallest absolute Gasteiger partial charge is 0.101 e. The average Bonchev–Trinajstić information content (AvgIpc) is 1.88. The zero-order valence-corrected chi connectivity index (χ0v) is 5.23. The largest absolute Gasteiger partial charge is 0.327 e. The molecule has 1 rings (SSSR count). The van der Waals surface area contributed by atoms with Gasteiger partial charge in [-0.2, -0.15) is 0 Å². The SMILES string of the molecule is NCC1=CCCC(F)=C1. The molecule has 2 heteroatoms. The summed E-state index contributed by atoms with van der Waals surface area (Å²) in [5.74, 6) is -0.0436. The lowest BCUT2D eigenvalue weighted by atomic mass is 10.1. The molecule has 0 amide bonds. The third-order valence-electron chi connectivity index (χ3n) is 1.37. The highest BCUT2D eigenvalue weighted by Gasteiger charge is 2.01. The van der Waals surface area contributed by atoms with Crippen LogP contribution in [0.15, 0.2) is 23.6 Å². The highest BCUT2D eigenvalue weighted by atomic mass is 19.1. The predicted octanol–water partition coefficient (Wildman–Crippen LogP) is 1.52. The second kappa shape index (κ2) is 2.78. The summed E-state index contributed by atoms with van der Waals surface area (Å²) in [6, 6.07) is 0. The van der Waals surface area contributed by atoms with Crippen LogP contribution in [-0.4, -0.2) is 6.54 Å². The van der Waals surface area contributed by atoms with Gasteiger partial charge in [-0.1, -0.05) is 6.08 Å². The van der Waals surface area contributed by atoms with Gasteiger partial charge < -0.3 is 5.73 Å². The van der Waals surface area contributed by atoms with Gasteiger partial charge in [0.15, 0.2) is 0 Å². The Balaban J connectivity index is 2.63. The summed E-state index contributed by atoms with van der Waals surface area (Å²) in [6.07, 6.45) is 4.84. The van der Waals surface area contributed by atoms with Crippen LogP contribution in [0.5, 0.6) is 0 Å². The van der Waals surface area contributed by atoms with Crippen molar-refractivity contribution in [2.75, 3.05) is 6.54 Å². The van der Waals surface area contributed by atoms with Crippen LogP contribution in [0.3, 0.4) is 0 Å². The Morgan fingerprint density at radius 3 is 2.89 bits per heavy atom. The highest BCUT2D eigenvalue weighted by Crippen LogP contribution is 2.16. The number of rotatable bonds is 1. The summed E-state index contributed by atoms with van der Waals surface area (Å²) < 4.78 is 12.4. The zero-order chi connectivity index (χ0) is 6.69. The van der Waals surface area contributed by atoms with Gasteiger partial charge in [0.2, 0.25) is 0 Å². The van der Waals surface area contributed by atoms with Gasteiger partial charge in [0.1, 0.15) is 5.83 Å². The van der Waals surface area contributed by atoms with Crippen LogP contribution in [0.25, 0.3) is 0 Å². The fourth-order valence-electron chi connectivity index (χ4n) is 0.870. The number of nitrogens with two attached hydrogens (primary N) is 1. The van der Waals surface area contributed by atoms with Crippen molar-refractivity contribution < 1.29 is 4.39 Å². The van der Waals surface area contributed by atoms with Gasteiger partial charge in [-0.3, -0.25) is 0 Å². The molecule has 0 bridgehead atoms. The maximum atomic E-state index is 12.4. The Kier molecular flexibility index (Phi) is 2.01. The van der Waals surface area contributed by atoms with Crippen LogP contribution in [0, 0.1) is 0 Å². The summed E-state index contributed by atoms with van der Waals surface area (Å²) in [5.41, 5.74) is 6.20. The van der Waals surface area contributed by atoms with E-state index in [0.29, 0.717) is 13.0 Å². The van der Waals surface area contributed by atoms with E-state index in [9.17, 15) is 4.39 Å². The zero-order valence-electron chi connectivity index (χ0n) is 5.23. The van der Waals surface area contributed by atoms with E-state index in [1.807, 2.05) is 6.08 Å². The molecular formula is C7H10FN. The van der Waals surface area contributed by atoms with Gasteiger partial charge >= 0.3 is 0 Å². The second-order valence-corrected chi connectivity index (χ2v) is 2.11. The third-order valence-corrected chi connectivity index (χ3v) is 1.37. The minimum absolute atomic E-state index is 0.0436. The topological polar surface area (TPSA) is 26.0 Å². The normalized spacial score (nSPS) is 18.9. The minimum Gasteiger partial charge on any atom is -0.327 e. The molecule has 9 heavy (non-hydrogen) atoms. The van der Waals surface area contributed by atoms with E-state index in [1.54, 1.807) is 0 Å². The van der Waals surface area contributed by atoms with Crippen LogP contribution in [-0.2, 0) is 0 Å². The lowest BCUT2D eigenvalue weighted by molar-refractivity contribution is 0.584. The van der Waals surface area contributed by atoms with Crippen molar-refractivity contribution in [3.05, 3.63) is 23.6 Å². The number of allylic oxidation sites excluding steroid dienone is 2. The summed E-state index contributed by atoms with van der Waals surface area (Å²) >= 11 is 0. The molecule has 0 unspecified atom stereocenters. The van der Waals surface area contributed by atoms with Gasteiger partial charge in [-0.05, 0) is 18.1 Å². The van der Waals surface area contributed by atoms with Gasteiger partial charge in [-0.15, -0.1) is 0 Å². The first kappa shape index (κ1) is 6.49. The van der Waals surface area contributed by atoms with E-state index in [1.165, 1.54) is 6.08 Å². The molecule has 0 spiro atoms. The molecule has 0 fully saturated rings. The van der Waals surface area contributed by atoms with E-state index < -0.39 is 0 Å². The van der Waals surface area contributed by atoms with E-state index in [2.05, 4.69) is 0 Å². The Hall–Kier alpha value is -0.630. The van der Waals surface area contributed by atoms with E-state index >= 15 is 0 Å². The fraction of sp³-hybridized carbons (Fsp3) is 0.429. The van der Waals surface area contributed by atoms with Crippen LogP contribution >= 0.6 is 0 Å². The first-order chi connectivity index (χ1) is 4.33. The first-order valence-electron chi connectivity index (χ1n) is 3.08. The molecule has 0 aromatic rings. The van der Waals surface area contributed by atoms with E-state index in [-0.39, 0.29) is 5.83 Å². The molecule has 0 aromatic carbocycles. The molecule has 0 radical (unpaired) electrons. The van der Waals surface area contributed by atoms with Crippen LogP contribution in [0.1, 0.15) is 12.8 Å². The van der Waals surface area contributed by atoms with Crippen molar-refractivity contribution in [2.45, 2.75) is 12.8 Å².